The highest BCUT2D eigenvalue weighted by molar-refractivity contribution is 9.11. The van der Waals surface area contributed by atoms with E-state index < -0.39 is 0 Å². The molecular formula is C12H12Br2N4O. The fourth-order valence-electron chi connectivity index (χ4n) is 1.59. The van der Waals surface area contributed by atoms with Gasteiger partial charge in [0.05, 0.1) is 6.20 Å². The molecule has 0 saturated heterocycles. The van der Waals surface area contributed by atoms with Crippen molar-refractivity contribution in [1.82, 2.24) is 15.1 Å². The van der Waals surface area contributed by atoms with Gasteiger partial charge in [-0.2, -0.15) is 5.10 Å². The van der Waals surface area contributed by atoms with Crippen LogP contribution in [0.1, 0.15) is 15.9 Å². The van der Waals surface area contributed by atoms with Crippen molar-refractivity contribution in [2.45, 2.75) is 6.54 Å². The molecule has 7 heteroatoms. The van der Waals surface area contributed by atoms with E-state index in [2.05, 4.69) is 42.3 Å². The maximum absolute atomic E-state index is 12.0. The molecule has 1 amide bonds. The van der Waals surface area contributed by atoms with Crippen LogP contribution in [0.25, 0.3) is 0 Å². The van der Waals surface area contributed by atoms with Gasteiger partial charge in [-0.1, -0.05) is 31.9 Å². The van der Waals surface area contributed by atoms with Crippen LogP contribution in [0, 0.1) is 0 Å². The van der Waals surface area contributed by atoms with Crippen LogP contribution in [0.5, 0.6) is 0 Å². The molecule has 0 spiro atoms. The third kappa shape index (κ3) is 3.36. The van der Waals surface area contributed by atoms with E-state index in [1.165, 1.54) is 0 Å². The number of carbonyl (C=O) groups excluding carboxylic acids is 1. The fourth-order valence-corrected chi connectivity index (χ4v) is 2.88. The number of rotatable bonds is 3. The number of hydrogen-bond acceptors (Lipinski definition) is 3. The highest BCUT2D eigenvalue weighted by Crippen LogP contribution is 2.20. The Morgan fingerprint density at radius 3 is 2.53 bits per heavy atom. The molecule has 2 rings (SSSR count). The Labute approximate surface area is 127 Å². The van der Waals surface area contributed by atoms with Crippen molar-refractivity contribution >= 4 is 43.6 Å². The van der Waals surface area contributed by atoms with Crippen LogP contribution in [0.2, 0.25) is 0 Å². The summed E-state index contributed by atoms with van der Waals surface area (Å²) in [6.45, 7) is 0.350. The van der Waals surface area contributed by atoms with Crippen molar-refractivity contribution in [2.75, 3.05) is 5.73 Å². The monoisotopic (exact) mass is 386 g/mol. The highest BCUT2D eigenvalue weighted by Gasteiger charge is 2.10. The lowest BCUT2D eigenvalue weighted by Gasteiger charge is -2.06. The predicted molar refractivity (Wildman–Crippen MR) is 80.6 cm³/mol. The van der Waals surface area contributed by atoms with E-state index in [0.717, 1.165) is 14.5 Å². The molecule has 0 aliphatic carbocycles. The predicted octanol–water partition coefficient (Wildman–Crippen LogP) is 2.46. The van der Waals surface area contributed by atoms with E-state index >= 15 is 0 Å². The first-order valence-electron chi connectivity index (χ1n) is 5.48. The van der Waals surface area contributed by atoms with Crippen LogP contribution in [0.3, 0.4) is 0 Å². The van der Waals surface area contributed by atoms with E-state index in [0.29, 0.717) is 17.9 Å². The van der Waals surface area contributed by atoms with Gasteiger partial charge in [0, 0.05) is 33.7 Å². The minimum absolute atomic E-state index is 0.162. The Morgan fingerprint density at radius 1 is 1.37 bits per heavy atom. The molecule has 1 aromatic carbocycles. The first-order valence-corrected chi connectivity index (χ1v) is 7.06. The van der Waals surface area contributed by atoms with Crippen molar-refractivity contribution in [3.05, 3.63) is 44.5 Å². The highest BCUT2D eigenvalue weighted by atomic mass is 79.9. The molecule has 0 fully saturated rings. The number of amides is 1. The summed E-state index contributed by atoms with van der Waals surface area (Å²) in [5.41, 5.74) is 7.18. The van der Waals surface area contributed by atoms with Crippen molar-refractivity contribution < 1.29 is 4.79 Å². The lowest BCUT2D eigenvalue weighted by Crippen LogP contribution is -2.23. The molecule has 3 N–H and O–H groups in total. The molecule has 0 unspecified atom stereocenters. The Balaban J connectivity index is 2.07. The molecule has 1 heterocycles. The smallest absolute Gasteiger partial charge is 0.251 e. The topological polar surface area (TPSA) is 72.9 Å². The second-order valence-corrected chi connectivity index (χ2v) is 5.85. The zero-order chi connectivity index (χ0) is 14.0. The number of aryl methyl sites for hydroxylation is 1. The number of carbonyl (C=O) groups is 1. The fraction of sp³-hybridized carbons (Fsp3) is 0.167. The zero-order valence-electron chi connectivity index (χ0n) is 10.2. The van der Waals surface area contributed by atoms with Crippen molar-refractivity contribution in [1.29, 1.82) is 0 Å². The number of nitrogen functional groups attached to an aromatic ring is 1. The van der Waals surface area contributed by atoms with Crippen molar-refractivity contribution in [2.24, 2.45) is 7.05 Å². The molecule has 1 aromatic heterocycles. The number of aromatic nitrogens is 2. The molecule has 0 aliphatic heterocycles. The summed E-state index contributed by atoms with van der Waals surface area (Å²) in [7, 11) is 1.76. The summed E-state index contributed by atoms with van der Waals surface area (Å²) in [5, 5.41) is 6.83. The van der Waals surface area contributed by atoms with Crippen LogP contribution < -0.4 is 11.1 Å². The third-order valence-electron chi connectivity index (χ3n) is 2.63. The molecule has 0 bridgehead atoms. The number of nitrogens with one attached hydrogen (secondary N) is 1. The third-order valence-corrected chi connectivity index (χ3v) is 3.54. The standard InChI is InChI=1S/C12H12Br2N4O/c1-18-11(15)8(6-17-18)5-16-12(19)7-2-9(13)4-10(14)3-7/h2-4,6H,5,15H2,1H3,(H,16,19). The average Bonchev–Trinajstić information content (AvgIpc) is 2.66. The summed E-state index contributed by atoms with van der Waals surface area (Å²) in [4.78, 5) is 12.0. The Bertz CT molecular complexity index is 604. The molecule has 0 saturated carbocycles. The van der Waals surface area contributed by atoms with Crippen LogP contribution in [0.4, 0.5) is 5.82 Å². The summed E-state index contributed by atoms with van der Waals surface area (Å²) in [6.07, 6.45) is 1.65. The van der Waals surface area contributed by atoms with E-state index in [1.807, 2.05) is 6.07 Å². The van der Waals surface area contributed by atoms with Gasteiger partial charge in [-0.25, -0.2) is 0 Å². The van der Waals surface area contributed by atoms with Gasteiger partial charge in [-0.3, -0.25) is 9.48 Å². The Kier molecular flexibility index (Phi) is 4.26. The van der Waals surface area contributed by atoms with E-state index in [4.69, 9.17) is 5.73 Å². The minimum atomic E-state index is -0.162. The quantitative estimate of drug-likeness (QED) is 0.849. The van der Waals surface area contributed by atoms with Crippen LogP contribution in [-0.4, -0.2) is 15.7 Å². The number of anilines is 1. The molecule has 0 radical (unpaired) electrons. The van der Waals surface area contributed by atoms with Crippen molar-refractivity contribution in [3.8, 4) is 0 Å². The van der Waals surface area contributed by atoms with Crippen LogP contribution in [0.15, 0.2) is 33.3 Å². The number of hydrogen-bond donors (Lipinski definition) is 2. The SMILES string of the molecule is Cn1ncc(CNC(=O)c2cc(Br)cc(Br)c2)c1N. The van der Waals surface area contributed by atoms with E-state index in [-0.39, 0.29) is 5.91 Å². The molecular weight excluding hydrogens is 376 g/mol. The van der Waals surface area contributed by atoms with E-state index in [9.17, 15) is 4.79 Å². The zero-order valence-corrected chi connectivity index (χ0v) is 13.3. The molecule has 19 heavy (non-hydrogen) atoms. The van der Waals surface area contributed by atoms with Crippen molar-refractivity contribution in [3.63, 3.8) is 0 Å². The first-order chi connectivity index (χ1) is 8.97. The molecule has 0 aliphatic rings. The van der Waals surface area contributed by atoms with Gasteiger partial charge in [-0.05, 0) is 18.2 Å². The van der Waals surface area contributed by atoms with Gasteiger partial charge >= 0.3 is 0 Å². The average molecular weight is 388 g/mol. The lowest BCUT2D eigenvalue weighted by molar-refractivity contribution is 0.0951. The summed E-state index contributed by atoms with van der Waals surface area (Å²) in [5.74, 6) is 0.390. The second-order valence-electron chi connectivity index (χ2n) is 4.02. The first kappa shape index (κ1) is 14.1. The maximum Gasteiger partial charge on any atom is 0.251 e. The Hall–Kier alpha value is -1.34. The van der Waals surface area contributed by atoms with Gasteiger partial charge in [0.15, 0.2) is 0 Å². The molecule has 100 valence electrons. The second kappa shape index (κ2) is 5.75. The number of nitrogens with zero attached hydrogens (tertiary/aromatic N) is 2. The molecule has 2 aromatic rings. The summed E-state index contributed by atoms with van der Waals surface area (Å²) >= 11 is 6.70. The van der Waals surface area contributed by atoms with Gasteiger partial charge in [0.2, 0.25) is 0 Å². The van der Waals surface area contributed by atoms with Gasteiger partial charge < -0.3 is 11.1 Å². The maximum atomic E-state index is 12.0. The number of benzene rings is 1. The number of halogens is 2. The van der Waals surface area contributed by atoms with Crippen LogP contribution >= 0.6 is 31.9 Å². The molecule has 5 nitrogen and oxygen atoms in total. The summed E-state index contributed by atoms with van der Waals surface area (Å²) < 4.78 is 3.25. The van der Waals surface area contributed by atoms with Crippen LogP contribution in [-0.2, 0) is 13.6 Å². The van der Waals surface area contributed by atoms with E-state index in [1.54, 1.807) is 30.1 Å². The largest absolute Gasteiger partial charge is 0.384 e. The summed E-state index contributed by atoms with van der Waals surface area (Å²) in [6, 6.07) is 5.38. The van der Waals surface area contributed by atoms with Gasteiger partial charge in [-0.15, -0.1) is 0 Å². The minimum Gasteiger partial charge on any atom is -0.384 e. The van der Waals surface area contributed by atoms with Gasteiger partial charge in [0.25, 0.3) is 5.91 Å². The lowest BCUT2D eigenvalue weighted by atomic mass is 10.2. The normalized spacial score (nSPS) is 10.5. The van der Waals surface area contributed by atoms with Gasteiger partial charge in [0.1, 0.15) is 5.82 Å². The Morgan fingerprint density at radius 2 is 2.00 bits per heavy atom. The number of nitrogens with two attached hydrogens (primary N) is 1. The molecule has 0 atom stereocenters.